The van der Waals surface area contributed by atoms with Crippen LogP contribution in [0.15, 0.2) is 85.4 Å². The molecule has 0 aromatic heterocycles. The molecule has 1 aromatic carbocycles. The smallest absolute Gasteiger partial charge is 0.0187 e. The maximum absolute atomic E-state index is 3.88. The molecule has 1 heteroatoms. The van der Waals surface area contributed by atoms with E-state index in [4.69, 9.17) is 0 Å². The monoisotopic (exact) mass is 342 g/mol. The summed E-state index contributed by atoms with van der Waals surface area (Å²) < 4.78 is 1.05. The lowest BCUT2D eigenvalue weighted by molar-refractivity contribution is 1.52. The van der Waals surface area contributed by atoms with E-state index in [-0.39, 0.29) is 0 Å². The maximum Gasteiger partial charge on any atom is 0.0187 e. The van der Waals surface area contributed by atoms with Gasteiger partial charge in [0.25, 0.3) is 0 Å². The lowest BCUT2D eigenvalue weighted by Crippen LogP contribution is -1.87. The molecular weight excluding hydrogens is 320 g/mol. The van der Waals surface area contributed by atoms with Gasteiger partial charge in [0.2, 0.25) is 0 Å². The summed E-state index contributed by atoms with van der Waals surface area (Å²) >= 11 is 3.56. The van der Waals surface area contributed by atoms with Crippen LogP contribution in [0, 0.1) is 0 Å². The fourth-order valence-corrected chi connectivity index (χ4v) is 2.30. The van der Waals surface area contributed by atoms with Gasteiger partial charge >= 0.3 is 0 Å². The van der Waals surface area contributed by atoms with E-state index in [1.165, 1.54) is 0 Å². The quantitative estimate of drug-likeness (QED) is 0.399. The minimum Gasteiger partial charge on any atom is -0.106 e. The van der Waals surface area contributed by atoms with Gasteiger partial charge in [-0.3, -0.25) is 0 Å². The van der Waals surface area contributed by atoms with Crippen molar-refractivity contribution in [3.8, 4) is 0 Å². The minimum atomic E-state index is 1.05. The number of halogens is 1. The summed E-state index contributed by atoms with van der Waals surface area (Å²) in [6, 6.07) is 6.34. The Hall–Kier alpha value is -1.86. The summed E-state index contributed by atoms with van der Waals surface area (Å²) in [5.41, 5.74) is 4.51. The van der Waals surface area contributed by atoms with Crippen molar-refractivity contribution < 1.29 is 0 Å². The summed E-state index contributed by atoms with van der Waals surface area (Å²) in [5, 5.41) is 0. The van der Waals surface area contributed by atoms with Gasteiger partial charge in [-0.05, 0) is 54.3 Å². The van der Waals surface area contributed by atoms with Crippen molar-refractivity contribution in [2.75, 3.05) is 0 Å². The Labute approximate surface area is 137 Å². The summed E-state index contributed by atoms with van der Waals surface area (Å²) in [5.74, 6) is 0. The molecule has 0 amide bonds. The Bertz CT molecular complexity index is 572. The summed E-state index contributed by atoms with van der Waals surface area (Å²) in [6.07, 6.45) is 11.9. The number of hydrogen-bond donors (Lipinski definition) is 0. The van der Waals surface area contributed by atoms with E-state index in [1.54, 1.807) is 0 Å². The van der Waals surface area contributed by atoms with E-state index in [0.29, 0.717) is 0 Å². The molecule has 0 radical (unpaired) electrons. The third kappa shape index (κ3) is 5.97. The first-order valence-corrected chi connectivity index (χ1v) is 7.51. The second-order valence-corrected chi connectivity index (χ2v) is 4.94. The van der Waals surface area contributed by atoms with Crippen molar-refractivity contribution in [2.24, 2.45) is 0 Å². The molecule has 1 rings (SSSR count). The Morgan fingerprint density at radius 2 is 1.48 bits per heavy atom. The van der Waals surface area contributed by atoms with Gasteiger partial charge in [0.1, 0.15) is 0 Å². The molecule has 21 heavy (non-hydrogen) atoms. The van der Waals surface area contributed by atoms with E-state index in [2.05, 4.69) is 72.6 Å². The number of benzene rings is 1. The van der Waals surface area contributed by atoms with E-state index >= 15 is 0 Å². The van der Waals surface area contributed by atoms with Crippen LogP contribution in [-0.4, -0.2) is 0 Å². The van der Waals surface area contributed by atoms with E-state index in [0.717, 1.165) is 26.7 Å². The summed E-state index contributed by atoms with van der Waals surface area (Å²) in [6.45, 7) is 17.7. The minimum absolute atomic E-state index is 1.05. The van der Waals surface area contributed by atoms with E-state index in [9.17, 15) is 0 Å². The van der Waals surface area contributed by atoms with Crippen molar-refractivity contribution in [1.29, 1.82) is 0 Å². The molecule has 0 unspecified atom stereocenters. The fraction of sp³-hybridized carbons (Fsp3) is 0.100. The van der Waals surface area contributed by atoms with Crippen LogP contribution in [0.3, 0.4) is 0 Å². The van der Waals surface area contributed by atoms with Gasteiger partial charge in [-0.15, -0.1) is 13.2 Å². The highest BCUT2D eigenvalue weighted by atomic mass is 79.9. The van der Waals surface area contributed by atoms with Crippen molar-refractivity contribution >= 4 is 27.1 Å². The van der Waals surface area contributed by atoms with Crippen LogP contribution in [0.5, 0.6) is 0 Å². The van der Waals surface area contributed by atoms with Crippen molar-refractivity contribution in [3.05, 3.63) is 96.6 Å². The highest BCUT2D eigenvalue weighted by molar-refractivity contribution is 9.10. The van der Waals surface area contributed by atoms with Gasteiger partial charge in [0.05, 0.1) is 0 Å². The summed E-state index contributed by atoms with van der Waals surface area (Å²) in [7, 11) is 0. The zero-order chi connectivity index (χ0) is 16.3. The topological polar surface area (TPSA) is 0 Å². The number of hydrogen-bond acceptors (Lipinski definition) is 0. The zero-order valence-electron chi connectivity index (χ0n) is 12.9. The first-order chi connectivity index (χ1) is 10.2. The second kappa shape index (κ2) is 10.9. The van der Waals surface area contributed by atoms with Crippen LogP contribution in [-0.2, 0) is 0 Å². The van der Waals surface area contributed by atoms with E-state index < -0.39 is 0 Å². The molecule has 0 fully saturated rings. The standard InChI is InChI=1S/C18H19Br.C2H4/c1-5-9-10-15(8-4)17-11-16(12-18(19)13-17)14(6-2)7-3;1-2/h5-13H,2,4H2,1,3H3;1-2H2/b9-5-,14-7+,15-10+;. The van der Waals surface area contributed by atoms with Gasteiger partial charge < -0.3 is 0 Å². The van der Waals surface area contributed by atoms with Crippen LogP contribution >= 0.6 is 15.9 Å². The molecule has 0 heterocycles. The van der Waals surface area contributed by atoms with Crippen LogP contribution in [0.25, 0.3) is 11.1 Å². The SMILES string of the molecule is C=C.C=C/C(=C\C)c1cc(Br)cc(/C(C=C)=C/C=C\C)c1. The Morgan fingerprint density at radius 3 is 1.90 bits per heavy atom. The molecule has 0 spiro atoms. The molecule has 0 saturated carbocycles. The molecule has 0 aliphatic heterocycles. The van der Waals surface area contributed by atoms with E-state index in [1.807, 2.05) is 38.2 Å². The maximum atomic E-state index is 3.88. The van der Waals surface area contributed by atoms with Crippen LogP contribution in [0.2, 0.25) is 0 Å². The molecule has 0 atom stereocenters. The number of rotatable bonds is 5. The first-order valence-electron chi connectivity index (χ1n) is 6.71. The highest BCUT2D eigenvalue weighted by Gasteiger charge is 2.04. The fourth-order valence-electron chi connectivity index (χ4n) is 1.81. The van der Waals surface area contributed by atoms with Gasteiger partial charge in [0, 0.05) is 4.47 Å². The molecule has 110 valence electrons. The average molecular weight is 343 g/mol. The third-order valence-corrected chi connectivity index (χ3v) is 3.24. The zero-order valence-corrected chi connectivity index (χ0v) is 14.5. The Morgan fingerprint density at radius 1 is 0.952 bits per heavy atom. The average Bonchev–Trinajstić information content (AvgIpc) is 2.51. The third-order valence-electron chi connectivity index (χ3n) is 2.78. The van der Waals surface area contributed by atoms with Crippen molar-refractivity contribution in [1.82, 2.24) is 0 Å². The largest absolute Gasteiger partial charge is 0.106 e. The molecule has 0 N–H and O–H groups in total. The van der Waals surface area contributed by atoms with Gasteiger partial charge in [-0.2, -0.15) is 0 Å². The van der Waals surface area contributed by atoms with Gasteiger partial charge in [-0.1, -0.05) is 65.5 Å². The Balaban J connectivity index is 0.00000191. The highest BCUT2D eigenvalue weighted by Crippen LogP contribution is 2.27. The second-order valence-electron chi connectivity index (χ2n) is 4.03. The van der Waals surface area contributed by atoms with Crippen LogP contribution in [0.4, 0.5) is 0 Å². The Kier molecular flexibility index (Phi) is 9.91. The molecular formula is C20H23Br. The molecule has 0 nitrogen and oxygen atoms in total. The predicted octanol–water partition coefficient (Wildman–Crippen LogP) is 6.99. The van der Waals surface area contributed by atoms with Crippen LogP contribution < -0.4 is 0 Å². The normalized spacial score (nSPS) is 11.8. The van der Waals surface area contributed by atoms with Crippen molar-refractivity contribution in [2.45, 2.75) is 13.8 Å². The van der Waals surface area contributed by atoms with Gasteiger partial charge in [-0.25, -0.2) is 0 Å². The predicted molar refractivity (Wildman–Crippen MR) is 102 cm³/mol. The van der Waals surface area contributed by atoms with Crippen LogP contribution in [0.1, 0.15) is 25.0 Å². The summed E-state index contributed by atoms with van der Waals surface area (Å²) in [4.78, 5) is 0. The number of allylic oxidation sites excluding steroid dienone is 8. The first kappa shape index (κ1) is 19.1. The molecule has 0 aliphatic rings. The lowest BCUT2D eigenvalue weighted by atomic mass is 9.98. The lowest BCUT2D eigenvalue weighted by Gasteiger charge is -2.08. The molecule has 0 bridgehead atoms. The van der Waals surface area contributed by atoms with Crippen molar-refractivity contribution in [3.63, 3.8) is 0 Å². The molecule has 0 aliphatic carbocycles. The van der Waals surface area contributed by atoms with Gasteiger partial charge in [0.15, 0.2) is 0 Å². The molecule has 0 saturated heterocycles. The molecule has 1 aromatic rings.